The van der Waals surface area contributed by atoms with Crippen LogP contribution in [0.4, 0.5) is 0 Å². The molecule has 0 saturated heterocycles. The number of ether oxygens (including phenoxy) is 1. The van der Waals surface area contributed by atoms with Crippen LogP contribution in [0.25, 0.3) is 11.5 Å². The third-order valence-corrected chi connectivity index (χ3v) is 5.76. The van der Waals surface area contributed by atoms with Crippen molar-refractivity contribution in [3.8, 4) is 11.5 Å². The number of carbonyl (C=O) groups is 1. The lowest BCUT2D eigenvalue weighted by molar-refractivity contribution is 0.0937. The van der Waals surface area contributed by atoms with Gasteiger partial charge in [-0.15, -0.1) is 0 Å². The molecule has 7 heteroatoms. The predicted molar refractivity (Wildman–Crippen MR) is 112 cm³/mol. The molecule has 3 rings (SSSR count). The number of nitrogens with zero attached hydrogens (tertiary/aromatic N) is 1. The number of hydrogen-bond donors (Lipinski definition) is 1. The second-order valence-corrected chi connectivity index (χ2v) is 8.10. The Balaban J connectivity index is 1.70. The first kappa shape index (κ1) is 21.0. The number of rotatable bonds is 8. The molecular formula is C22H24N2O4S. The Hall–Kier alpha value is -2.77. The predicted octanol–water partition coefficient (Wildman–Crippen LogP) is 3.64. The van der Waals surface area contributed by atoms with Crippen molar-refractivity contribution in [2.75, 3.05) is 20.3 Å². The minimum atomic E-state index is -1.20. The van der Waals surface area contributed by atoms with E-state index in [1.54, 1.807) is 31.4 Å². The van der Waals surface area contributed by atoms with Crippen molar-refractivity contribution in [2.45, 2.75) is 24.5 Å². The summed E-state index contributed by atoms with van der Waals surface area (Å²) >= 11 is 0. The maximum absolute atomic E-state index is 12.6. The van der Waals surface area contributed by atoms with Gasteiger partial charge in [0.25, 0.3) is 5.91 Å². The maximum atomic E-state index is 12.6. The van der Waals surface area contributed by atoms with Crippen molar-refractivity contribution in [3.63, 3.8) is 0 Å². The van der Waals surface area contributed by atoms with Crippen molar-refractivity contribution >= 4 is 16.7 Å². The van der Waals surface area contributed by atoms with Gasteiger partial charge in [-0.05, 0) is 50.2 Å². The molecule has 1 N–H and O–H groups in total. The third kappa shape index (κ3) is 5.40. The van der Waals surface area contributed by atoms with Crippen LogP contribution >= 0.6 is 0 Å². The zero-order valence-electron chi connectivity index (χ0n) is 16.7. The van der Waals surface area contributed by atoms with Gasteiger partial charge in [-0.3, -0.25) is 9.00 Å². The summed E-state index contributed by atoms with van der Waals surface area (Å²) in [5, 5.41) is 2.78. The number of nitrogens with one attached hydrogen (secondary N) is 1. The maximum Gasteiger partial charge on any atom is 0.251 e. The van der Waals surface area contributed by atoms with Crippen molar-refractivity contribution in [1.82, 2.24) is 10.3 Å². The second-order valence-electron chi connectivity index (χ2n) is 6.65. The van der Waals surface area contributed by atoms with Crippen molar-refractivity contribution in [1.29, 1.82) is 0 Å². The molecule has 0 unspecified atom stereocenters. The third-order valence-electron chi connectivity index (χ3n) is 4.43. The first-order chi connectivity index (χ1) is 14.0. The van der Waals surface area contributed by atoms with Gasteiger partial charge >= 0.3 is 0 Å². The molecule has 152 valence electrons. The lowest BCUT2D eigenvalue weighted by Gasteiger charge is -2.04. The minimum absolute atomic E-state index is 0.161. The number of benzene rings is 2. The van der Waals surface area contributed by atoms with Gasteiger partial charge in [0.1, 0.15) is 5.76 Å². The first-order valence-corrected chi connectivity index (χ1v) is 10.6. The minimum Gasteiger partial charge on any atom is -0.441 e. The van der Waals surface area contributed by atoms with Gasteiger partial charge in [0.05, 0.1) is 28.9 Å². The summed E-state index contributed by atoms with van der Waals surface area (Å²) in [4.78, 5) is 17.4. The van der Waals surface area contributed by atoms with Crippen LogP contribution in [0.5, 0.6) is 0 Å². The normalized spacial score (nSPS) is 12.0. The topological polar surface area (TPSA) is 81.4 Å². The Morgan fingerprint density at radius 2 is 1.79 bits per heavy atom. The summed E-state index contributed by atoms with van der Waals surface area (Å²) in [7, 11) is 0.391. The number of aryl methyl sites for hydroxylation is 2. The highest BCUT2D eigenvalue weighted by molar-refractivity contribution is 7.84. The fourth-order valence-corrected chi connectivity index (χ4v) is 3.84. The van der Waals surface area contributed by atoms with Crippen LogP contribution in [-0.2, 0) is 21.3 Å². The Kier molecular flexibility index (Phi) is 6.95. The van der Waals surface area contributed by atoms with E-state index in [4.69, 9.17) is 9.15 Å². The standard InChI is InChI=1S/C22H24N2O4S/c1-15-4-10-19(11-5-15)29(26)14-20-16(2)28-22(24-20)18-8-6-17(7-9-18)21(25)23-12-13-27-3/h4-11H,12-14H2,1-3H3,(H,23,25)/t29-/m1/s1. The highest BCUT2D eigenvalue weighted by atomic mass is 32.2. The van der Waals surface area contributed by atoms with Crippen LogP contribution in [0.2, 0.25) is 0 Å². The summed E-state index contributed by atoms with van der Waals surface area (Å²) in [6.45, 7) is 4.73. The van der Waals surface area contributed by atoms with Gasteiger partial charge in [0, 0.05) is 29.7 Å². The van der Waals surface area contributed by atoms with E-state index in [9.17, 15) is 9.00 Å². The summed E-state index contributed by atoms with van der Waals surface area (Å²) in [6.07, 6.45) is 0. The van der Waals surface area contributed by atoms with E-state index in [0.29, 0.717) is 41.8 Å². The zero-order valence-corrected chi connectivity index (χ0v) is 17.5. The molecule has 1 aromatic heterocycles. The van der Waals surface area contributed by atoms with Gasteiger partial charge < -0.3 is 14.5 Å². The summed E-state index contributed by atoms with van der Waals surface area (Å²) in [5.74, 6) is 1.22. The van der Waals surface area contributed by atoms with Crippen molar-refractivity contribution < 1.29 is 18.2 Å². The fraction of sp³-hybridized carbons (Fsp3) is 0.273. The Bertz CT molecular complexity index is 995. The number of methoxy groups -OCH3 is 1. The number of oxazole rings is 1. The average molecular weight is 413 g/mol. The molecule has 1 amide bonds. The van der Waals surface area contributed by atoms with Gasteiger partial charge in [-0.1, -0.05) is 17.7 Å². The summed E-state index contributed by atoms with van der Waals surface area (Å²) < 4.78 is 23.3. The van der Waals surface area contributed by atoms with Crippen LogP contribution in [0, 0.1) is 13.8 Å². The molecule has 1 atom stereocenters. The second kappa shape index (κ2) is 9.62. The molecule has 0 aliphatic rings. The molecule has 2 aromatic carbocycles. The zero-order chi connectivity index (χ0) is 20.8. The van der Waals surface area contributed by atoms with Crippen LogP contribution < -0.4 is 5.32 Å². The number of amides is 1. The van der Waals surface area contributed by atoms with Gasteiger partial charge in [-0.2, -0.15) is 0 Å². The largest absolute Gasteiger partial charge is 0.441 e. The van der Waals surface area contributed by atoms with E-state index in [-0.39, 0.29) is 5.91 Å². The molecular weight excluding hydrogens is 388 g/mol. The van der Waals surface area contributed by atoms with E-state index >= 15 is 0 Å². The highest BCUT2D eigenvalue weighted by Crippen LogP contribution is 2.24. The molecule has 0 radical (unpaired) electrons. The van der Waals surface area contributed by atoms with Gasteiger partial charge in [-0.25, -0.2) is 4.98 Å². The molecule has 0 aliphatic heterocycles. The number of hydrogen-bond acceptors (Lipinski definition) is 5. The summed E-state index contributed by atoms with van der Waals surface area (Å²) in [6, 6.07) is 14.7. The van der Waals surface area contributed by atoms with E-state index in [1.807, 2.05) is 38.1 Å². The van der Waals surface area contributed by atoms with E-state index < -0.39 is 10.8 Å². The van der Waals surface area contributed by atoms with E-state index in [0.717, 1.165) is 16.0 Å². The SMILES string of the molecule is COCCNC(=O)c1ccc(-c2nc(C[S@@](=O)c3ccc(C)cc3)c(C)o2)cc1. The van der Waals surface area contributed by atoms with Crippen molar-refractivity contribution in [2.24, 2.45) is 0 Å². The van der Waals surface area contributed by atoms with E-state index in [2.05, 4.69) is 10.3 Å². The fourth-order valence-electron chi connectivity index (χ4n) is 2.72. The Labute approximate surface area is 172 Å². The molecule has 0 bridgehead atoms. The average Bonchev–Trinajstić information content (AvgIpc) is 3.09. The number of aromatic nitrogens is 1. The van der Waals surface area contributed by atoms with Crippen LogP contribution in [-0.4, -0.2) is 35.4 Å². The summed E-state index contributed by atoms with van der Waals surface area (Å²) in [5.41, 5.74) is 3.10. The van der Waals surface area contributed by atoms with Crippen LogP contribution in [0.1, 0.15) is 27.4 Å². The smallest absolute Gasteiger partial charge is 0.251 e. The molecule has 0 aliphatic carbocycles. The lowest BCUT2D eigenvalue weighted by atomic mass is 10.1. The van der Waals surface area contributed by atoms with E-state index in [1.165, 1.54) is 0 Å². The molecule has 3 aromatic rings. The Morgan fingerprint density at radius 1 is 1.10 bits per heavy atom. The molecule has 1 heterocycles. The van der Waals surface area contributed by atoms with Crippen LogP contribution in [0.15, 0.2) is 57.8 Å². The lowest BCUT2D eigenvalue weighted by Crippen LogP contribution is -2.26. The van der Waals surface area contributed by atoms with Crippen molar-refractivity contribution in [3.05, 3.63) is 71.1 Å². The quantitative estimate of drug-likeness (QED) is 0.571. The molecule has 0 saturated carbocycles. The first-order valence-electron chi connectivity index (χ1n) is 9.27. The number of carbonyl (C=O) groups excluding carboxylic acids is 1. The molecule has 0 spiro atoms. The van der Waals surface area contributed by atoms with Gasteiger partial charge in [0.15, 0.2) is 0 Å². The molecule has 0 fully saturated rings. The Morgan fingerprint density at radius 3 is 2.45 bits per heavy atom. The highest BCUT2D eigenvalue weighted by Gasteiger charge is 2.15. The molecule has 6 nitrogen and oxygen atoms in total. The molecule has 29 heavy (non-hydrogen) atoms. The monoisotopic (exact) mass is 412 g/mol. The van der Waals surface area contributed by atoms with Gasteiger partial charge in [0.2, 0.25) is 5.89 Å². The van der Waals surface area contributed by atoms with Crippen LogP contribution in [0.3, 0.4) is 0 Å².